The molecule has 3 nitrogen and oxygen atoms in total. The van der Waals surface area contributed by atoms with Crippen LogP contribution in [0.4, 0.5) is 0 Å². The van der Waals surface area contributed by atoms with E-state index < -0.39 is 0 Å². The second kappa shape index (κ2) is 8.63. The van der Waals surface area contributed by atoms with Crippen LogP contribution >= 0.6 is 0 Å². The van der Waals surface area contributed by atoms with Gasteiger partial charge in [0.2, 0.25) is 0 Å². The van der Waals surface area contributed by atoms with E-state index in [4.69, 9.17) is 4.74 Å². The first-order valence-electron chi connectivity index (χ1n) is 8.94. The number of esters is 1. The molecule has 2 aromatic carbocycles. The quantitative estimate of drug-likeness (QED) is 0.590. The van der Waals surface area contributed by atoms with Gasteiger partial charge in [-0.3, -0.25) is 9.69 Å². The number of ether oxygens (including phenoxy) is 1. The molecule has 0 atom stereocenters. The minimum absolute atomic E-state index is 0.139. The number of nitrogens with zero attached hydrogens (tertiary/aromatic N) is 1. The number of rotatable bonds is 6. The maximum atomic E-state index is 11.8. The maximum Gasteiger partial charge on any atom is 0.320 e. The van der Waals surface area contributed by atoms with Gasteiger partial charge in [-0.15, -0.1) is 0 Å². The molecule has 0 saturated carbocycles. The SMILES string of the molecule is CCOC(=O)CN1CCC=C(C(c2ccccc2)c2ccccc2)C1. The second-order valence-electron chi connectivity index (χ2n) is 6.34. The molecule has 0 radical (unpaired) electrons. The van der Waals surface area contributed by atoms with E-state index in [0.717, 1.165) is 19.5 Å². The van der Waals surface area contributed by atoms with Crippen LogP contribution in [0.2, 0.25) is 0 Å². The zero-order valence-electron chi connectivity index (χ0n) is 14.7. The molecule has 1 heterocycles. The van der Waals surface area contributed by atoms with Crippen molar-refractivity contribution in [1.29, 1.82) is 0 Å². The normalized spacial score (nSPS) is 15.0. The number of hydrogen-bond acceptors (Lipinski definition) is 3. The Labute approximate surface area is 149 Å². The van der Waals surface area contributed by atoms with Crippen molar-refractivity contribution in [2.75, 3.05) is 26.2 Å². The highest BCUT2D eigenvalue weighted by Crippen LogP contribution is 2.33. The van der Waals surface area contributed by atoms with Crippen LogP contribution < -0.4 is 0 Å². The fourth-order valence-electron chi connectivity index (χ4n) is 3.48. The molecular formula is C22H25NO2. The zero-order valence-corrected chi connectivity index (χ0v) is 14.7. The van der Waals surface area contributed by atoms with Crippen molar-refractivity contribution in [2.45, 2.75) is 19.3 Å². The van der Waals surface area contributed by atoms with Crippen molar-refractivity contribution in [2.24, 2.45) is 0 Å². The highest BCUT2D eigenvalue weighted by atomic mass is 16.5. The van der Waals surface area contributed by atoms with Crippen LogP contribution in [0.25, 0.3) is 0 Å². The average Bonchev–Trinajstić information content (AvgIpc) is 2.64. The molecule has 0 bridgehead atoms. The van der Waals surface area contributed by atoms with E-state index in [9.17, 15) is 4.79 Å². The summed E-state index contributed by atoms with van der Waals surface area (Å²) in [5.74, 6) is 0.0899. The molecule has 2 aromatic rings. The molecule has 0 spiro atoms. The molecule has 3 heteroatoms. The fraction of sp³-hybridized carbons (Fsp3) is 0.318. The largest absolute Gasteiger partial charge is 0.465 e. The Kier molecular flexibility index (Phi) is 6.02. The van der Waals surface area contributed by atoms with Gasteiger partial charge in [-0.2, -0.15) is 0 Å². The lowest BCUT2D eigenvalue weighted by Gasteiger charge is -2.31. The summed E-state index contributed by atoms with van der Waals surface area (Å²) in [5, 5.41) is 0. The standard InChI is InChI=1S/C22H25NO2/c1-2-25-21(24)17-23-15-9-14-20(16-23)22(18-10-5-3-6-11-18)19-12-7-4-8-13-19/h3-8,10-14,22H,2,9,15-17H2,1H3. The molecule has 0 aliphatic carbocycles. The average molecular weight is 335 g/mol. The van der Waals surface area contributed by atoms with Crippen LogP contribution in [0.3, 0.4) is 0 Å². The first-order chi connectivity index (χ1) is 12.3. The number of hydrogen-bond donors (Lipinski definition) is 0. The lowest BCUT2D eigenvalue weighted by Crippen LogP contribution is -2.36. The van der Waals surface area contributed by atoms with Gasteiger partial charge in [-0.25, -0.2) is 0 Å². The van der Waals surface area contributed by atoms with Crippen molar-refractivity contribution in [3.05, 3.63) is 83.4 Å². The summed E-state index contributed by atoms with van der Waals surface area (Å²) in [6.45, 7) is 4.35. The molecule has 0 saturated heterocycles. The van der Waals surface area contributed by atoms with Gasteiger partial charge in [0.15, 0.2) is 0 Å². The predicted molar refractivity (Wildman–Crippen MR) is 101 cm³/mol. The lowest BCUT2D eigenvalue weighted by atomic mass is 9.83. The summed E-state index contributed by atoms with van der Waals surface area (Å²) >= 11 is 0. The summed E-state index contributed by atoms with van der Waals surface area (Å²) in [7, 11) is 0. The van der Waals surface area contributed by atoms with Crippen molar-refractivity contribution in [1.82, 2.24) is 4.90 Å². The maximum absolute atomic E-state index is 11.8. The Morgan fingerprint density at radius 1 is 1.04 bits per heavy atom. The van der Waals surface area contributed by atoms with Crippen LogP contribution in [0.15, 0.2) is 72.3 Å². The molecule has 1 aliphatic rings. The summed E-state index contributed by atoms with van der Waals surface area (Å²) < 4.78 is 5.11. The highest BCUT2D eigenvalue weighted by Gasteiger charge is 2.24. The van der Waals surface area contributed by atoms with Gasteiger partial charge in [0.25, 0.3) is 0 Å². The molecule has 0 fully saturated rings. The van der Waals surface area contributed by atoms with Gasteiger partial charge in [0.05, 0.1) is 13.2 Å². The first-order valence-corrected chi connectivity index (χ1v) is 8.94. The first kappa shape index (κ1) is 17.4. The second-order valence-corrected chi connectivity index (χ2v) is 6.34. The Hall–Kier alpha value is -2.39. The van der Waals surface area contributed by atoms with Crippen LogP contribution in [-0.2, 0) is 9.53 Å². The van der Waals surface area contributed by atoms with Gasteiger partial charge >= 0.3 is 5.97 Å². The predicted octanol–water partition coefficient (Wildman–Crippen LogP) is 4.01. The third-order valence-corrected chi connectivity index (χ3v) is 4.55. The van der Waals surface area contributed by atoms with Crippen molar-refractivity contribution in [3.8, 4) is 0 Å². The minimum Gasteiger partial charge on any atom is -0.465 e. The van der Waals surface area contributed by atoms with Crippen LogP contribution in [-0.4, -0.2) is 37.1 Å². The zero-order chi connectivity index (χ0) is 17.5. The van der Waals surface area contributed by atoms with E-state index in [0.29, 0.717) is 13.2 Å². The smallest absolute Gasteiger partial charge is 0.320 e. The van der Waals surface area contributed by atoms with Gasteiger partial charge in [0.1, 0.15) is 0 Å². The molecule has 3 rings (SSSR count). The lowest BCUT2D eigenvalue weighted by molar-refractivity contribution is -0.144. The summed E-state index contributed by atoms with van der Waals surface area (Å²) in [5.41, 5.74) is 3.93. The monoisotopic (exact) mass is 335 g/mol. The minimum atomic E-state index is -0.139. The summed E-state index contributed by atoms with van der Waals surface area (Å²) in [6, 6.07) is 21.2. The third kappa shape index (κ3) is 4.58. The molecule has 130 valence electrons. The van der Waals surface area contributed by atoms with E-state index >= 15 is 0 Å². The fourth-order valence-corrected chi connectivity index (χ4v) is 3.48. The van der Waals surface area contributed by atoms with E-state index in [1.54, 1.807) is 0 Å². The Bertz CT molecular complexity index is 670. The molecule has 1 aliphatic heterocycles. The van der Waals surface area contributed by atoms with Gasteiger partial charge < -0.3 is 4.74 Å². The molecule has 0 N–H and O–H groups in total. The van der Waals surface area contributed by atoms with Gasteiger partial charge in [0, 0.05) is 19.0 Å². The van der Waals surface area contributed by atoms with E-state index in [1.165, 1.54) is 16.7 Å². The van der Waals surface area contributed by atoms with Crippen molar-refractivity contribution >= 4 is 5.97 Å². The Morgan fingerprint density at radius 3 is 2.20 bits per heavy atom. The molecule has 0 aromatic heterocycles. The third-order valence-electron chi connectivity index (χ3n) is 4.55. The van der Waals surface area contributed by atoms with E-state index in [-0.39, 0.29) is 11.9 Å². The van der Waals surface area contributed by atoms with Crippen LogP contribution in [0.5, 0.6) is 0 Å². The van der Waals surface area contributed by atoms with Crippen LogP contribution in [0, 0.1) is 0 Å². The molecule has 25 heavy (non-hydrogen) atoms. The van der Waals surface area contributed by atoms with Crippen LogP contribution in [0.1, 0.15) is 30.4 Å². The van der Waals surface area contributed by atoms with E-state index in [2.05, 4.69) is 59.5 Å². The topological polar surface area (TPSA) is 29.5 Å². The summed E-state index contributed by atoms with van der Waals surface area (Å²) in [4.78, 5) is 14.0. The number of carbonyl (C=O) groups excluding carboxylic acids is 1. The van der Waals surface area contributed by atoms with Crippen molar-refractivity contribution in [3.63, 3.8) is 0 Å². The molecule has 0 amide bonds. The Balaban J connectivity index is 1.84. The number of carbonyl (C=O) groups is 1. The Morgan fingerprint density at radius 2 is 1.64 bits per heavy atom. The van der Waals surface area contributed by atoms with E-state index in [1.807, 2.05) is 19.1 Å². The van der Waals surface area contributed by atoms with Gasteiger partial charge in [-0.1, -0.05) is 66.7 Å². The molecular weight excluding hydrogens is 310 g/mol. The van der Waals surface area contributed by atoms with Crippen molar-refractivity contribution < 1.29 is 9.53 Å². The van der Waals surface area contributed by atoms with Gasteiger partial charge in [-0.05, 0) is 30.0 Å². The summed E-state index contributed by atoms with van der Waals surface area (Å²) in [6.07, 6.45) is 3.30. The number of benzene rings is 2. The molecule has 0 unspecified atom stereocenters. The highest BCUT2D eigenvalue weighted by molar-refractivity contribution is 5.71.